The maximum absolute atomic E-state index is 13.3. The molecular weight excluding hydrogens is 288 g/mol. The first kappa shape index (κ1) is 14.1. The quantitative estimate of drug-likeness (QED) is 0.919. The summed E-state index contributed by atoms with van der Waals surface area (Å²) < 4.78 is 18.8. The van der Waals surface area contributed by atoms with Gasteiger partial charge in [0, 0.05) is 12.1 Å². The molecule has 0 spiro atoms. The van der Waals surface area contributed by atoms with E-state index in [4.69, 9.17) is 33.7 Å². The van der Waals surface area contributed by atoms with Crippen LogP contribution in [0.1, 0.15) is 11.1 Å². The van der Waals surface area contributed by atoms with Crippen molar-refractivity contribution in [2.24, 2.45) is 5.73 Å². The van der Waals surface area contributed by atoms with Crippen molar-refractivity contribution in [1.82, 2.24) is 0 Å². The topological polar surface area (TPSA) is 35.2 Å². The number of hydrogen-bond acceptors (Lipinski definition) is 2. The summed E-state index contributed by atoms with van der Waals surface area (Å²) in [5, 5.41) is 0.535. The van der Waals surface area contributed by atoms with Gasteiger partial charge in [0.05, 0.1) is 10.0 Å². The van der Waals surface area contributed by atoms with E-state index in [0.717, 1.165) is 5.56 Å². The van der Waals surface area contributed by atoms with Crippen molar-refractivity contribution in [3.8, 4) is 5.75 Å². The molecule has 2 aromatic carbocycles. The van der Waals surface area contributed by atoms with Crippen molar-refractivity contribution in [1.29, 1.82) is 0 Å². The van der Waals surface area contributed by atoms with Crippen LogP contribution < -0.4 is 10.5 Å². The molecule has 100 valence electrons. The fourth-order valence-electron chi connectivity index (χ4n) is 1.60. The highest BCUT2D eigenvalue weighted by Crippen LogP contribution is 2.27. The third-order valence-corrected chi connectivity index (χ3v) is 3.37. The van der Waals surface area contributed by atoms with E-state index in [0.29, 0.717) is 22.9 Å². The van der Waals surface area contributed by atoms with Gasteiger partial charge in [-0.05, 0) is 23.8 Å². The summed E-state index contributed by atoms with van der Waals surface area (Å²) in [6.45, 7) is 0.564. The summed E-state index contributed by atoms with van der Waals surface area (Å²) >= 11 is 11.9. The lowest BCUT2D eigenvalue weighted by molar-refractivity contribution is 0.306. The molecule has 0 fully saturated rings. The lowest BCUT2D eigenvalue weighted by Gasteiger charge is -2.10. The minimum Gasteiger partial charge on any atom is -0.487 e. The average Bonchev–Trinajstić information content (AvgIpc) is 2.41. The van der Waals surface area contributed by atoms with Crippen LogP contribution in [0.5, 0.6) is 5.75 Å². The first-order chi connectivity index (χ1) is 9.11. The lowest BCUT2D eigenvalue weighted by Crippen LogP contribution is -2.00. The summed E-state index contributed by atoms with van der Waals surface area (Å²) in [6.07, 6.45) is 0. The van der Waals surface area contributed by atoms with Gasteiger partial charge in [-0.2, -0.15) is 0 Å². The normalized spacial score (nSPS) is 10.5. The van der Waals surface area contributed by atoms with E-state index in [1.54, 1.807) is 24.3 Å². The molecule has 0 amide bonds. The number of hydrogen-bond donors (Lipinski definition) is 1. The first-order valence-corrected chi connectivity index (χ1v) is 6.41. The van der Waals surface area contributed by atoms with Gasteiger partial charge in [0.1, 0.15) is 18.2 Å². The maximum atomic E-state index is 13.3. The monoisotopic (exact) mass is 299 g/mol. The Hall–Kier alpha value is -1.29. The Morgan fingerprint density at radius 1 is 1.16 bits per heavy atom. The Kier molecular flexibility index (Phi) is 4.64. The van der Waals surface area contributed by atoms with Crippen molar-refractivity contribution in [3.05, 3.63) is 63.4 Å². The van der Waals surface area contributed by atoms with E-state index in [-0.39, 0.29) is 11.6 Å². The van der Waals surface area contributed by atoms with Crippen LogP contribution in [0.2, 0.25) is 10.0 Å². The highest BCUT2D eigenvalue weighted by atomic mass is 35.5. The van der Waals surface area contributed by atoms with Crippen molar-refractivity contribution in [3.63, 3.8) is 0 Å². The van der Waals surface area contributed by atoms with E-state index in [9.17, 15) is 4.39 Å². The zero-order valence-electron chi connectivity index (χ0n) is 10.00. The highest BCUT2D eigenvalue weighted by Gasteiger charge is 2.08. The van der Waals surface area contributed by atoms with Crippen LogP contribution in [0.25, 0.3) is 0 Å². The Labute approximate surface area is 120 Å². The smallest absolute Gasteiger partial charge is 0.142 e. The predicted molar refractivity (Wildman–Crippen MR) is 75.1 cm³/mol. The molecule has 0 saturated heterocycles. The molecule has 0 aliphatic rings. The molecule has 2 aromatic rings. The van der Waals surface area contributed by atoms with Crippen LogP contribution in [-0.4, -0.2) is 0 Å². The molecule has 2 nitrogen and oxygen atoms in total. The molecule has 19 heavy (non-hydrogen) atoms. The van der Waals surface area contributed by atoms with Crippen LogP contribution in [0.15, 0.2) is 36.4 Å². The molecule has 2 N–H and O–H groups in total. The average molecular weight is 300 g/mol. The van der Waals surface area contributed by atoms with E-state index < -0.39 is 5.82 Å². The SMILES string of the molecule is NCc1ccc(OCc2cccc(F)c2Cl)c(Cl)c1. The second-order valence-corrected chi connectivity index (χ2v) is 4.76. The van der Waals surface area contributed by atoms with E-state index >= 15 is 0 Å². The van der Waals surface area contributed by atoms with Crippen molar-refractivity contribution in [2.45, 2.75) is 13.2 Å². The summed E-state index contributed by atoms with van der Waals surface area (Å²) in [6, 6.07) is 9.89. The molecular formula is C14H12Cl2FNO. The number of ether oxygens (including phenoxy) is 1. The van der Waals surface area contributed by atoms with Crippen LogP contribution >= 0.6 is 23.2 Å². The highest BCUT2D eigenvalue weighted by molar-refractivity contribution is 6.32. The number of halogens is 3. The molecule has 0 radical (unpaired) electrons. The van der Waals surface area contributed by atoms with Crippen LogP contribution in [0, 0.1) is 5.82 Å². The van der Waals surface area contributed by atoms with E-state index in [2.05, 4.69) is 0 Å². The second-order valence-electron chi connectivity index (χ2n) is 3.97. The number of nitrogens with two attached hydrogens (primary N) is 1. The molecule has 0 bridgehead atoms. The standard InChI is InChI=1S/C14H12Cl2FNO/c15-11-6-9(7-18)4-5-13(11)19-8-10-2-1-3-12(17)14(10)16/h1-6H,7-8,18H2. The van der Waals surface area contributed by atoms with Crippen LogP contribution in [0.3, 0.4) is 0 Å². The Balaban J connectivity index is 2.12. The van der Waals surface area contributed by atoms with E-state index in [1.807, 2.05) is 6.07 Å². The zero-order valence-corrected chi connectivity index (χ0v) is 11.5. The fraction of sp³-hybridized carbons (Fsp3) is 0.143. The Morgan fingerprint density at radius 2 is 1.95 bits per heavy atom. The third kappa shape index (κ3) is 3.38. The molecule has 0 aliphatic heterocycles. The van der Waals surface area contributed by atoms with Gasteiger partial charge < -0.3 is 10.5 Å². The minimum atomic E-state index is -0.465. The molecule has 0 aliphatic carbocycles. The summed E-state index contributed by atoms with van der Waals surface area (Å²) in [7, 11) is 0. The summed E-state index contributed by atoms with van der Waals surface area (Å²) in [4.78, 5) is 0. The lowest BCUT2D eigenvalue weighted by atomic mass is 10.2. The zero-order chi connectivity index (χ0) is 13.8. The van der Waals surface area contributed by atoms with Gasteiger partial charge in [-0.3, -0.25) is 0 Å². The molecule has 0 heterocycles. The van der Waals surface area contributed by atoms with Crippen molar-refractivity contribution < 1.29 is 9.13 Å². The molecule has 0 aromatic heterocycles. The molecule has 0 atom stereocenters. The fourth-order valence-corrected chi connectivity index (χ4v) is 2.04. The Morgan fingerprint density at radius 3 is 2.63 bits per heavy atom. The largest absolute Gasteiger partial charge is 0.487 e. The second kappa shape index (κ2) is 6.24. The molecule has 0 unspecified atom stereocenters. The minimum absolute atomic E-state index is 0.0669. The van der Waals surface area contributed by atoms with Gasteiger partial charge in [-0.25, -0.2) is 4.39 Å². The van der Waals surface area contributed by atoms with Crippen molar-refractivity contribution in [2.75, 3.05) is 0 Å². The Bertz CT molecular complexity index is 590. The number of benzene rings is 2. The summed E-state index contributed by atoms with van der Waals surface area (Å²) in [5.74, 6) is 0.0477. The van der Waals surface area contributed by atoms with Crippen LogP contribution in [-0.2, 0) is 13.2 Å². The molecule has 5 heteroatoms. The third-order valence-electron chi connectivity index (χ3n) is 2.65. The van der Waals surface area contributed by atoms with Gasteiger partial charge in [0.25, 0.3) is 0 Å². The van der Waals surface area contributed by atoms with Gasteiger partial charge in [0.15, 0.2) is 0 Å². The maximum Gasteiger partial charge on any atom is 0.142 e. The summed E-state index contributed by atoms with van der Waals surface area (Å²) in [5.41, 5.74) is 7.00. The predicted octanol–water partition coefficient (Wildman–Crippen LogP) is 4.17. The van der Waals surface area contributed by atoms with E-state index in [1.165, 1.54) is 6.07 Å². The van der Waals surface area contributed by atoms with Gasteiger partial charge in [-0.1, -0.05) is 41.4 Å². The molecule has 0 saturated carbocycles. The van der Waals surface area contributed by atoms with Crippen LogP contribution in [0.4, 0.5) is 4.39 Å². The first-order valence-electron chi connectivity index (χ1n) is 5.66. The van der Waals surface area contributed by atoms with Gasteiger partial charge >= 0.3 is 0 Å². The molecule has 2 rings (SSSR count). The van der Waals surface area contributed by atoms with Crippen molar-refractivity contribution >= 4 is 23.2 Å². The van der Waals surface area contributed by atoms with Gasteiger partial charge in [-0.15, -0.1) is 0 Å². The van der Waals surface area contributed by atoms with Gasteiger partial charge in [0.2, 0.25) is 0 Å². The number of rotatable bonds is 4.